The van der Waals surface area contributed by atoms with E-state index in [1.807, 2.05) is 72.8 Å². The van der Waals surface area contributed by atoms with Crippen LogP contribution in [0.1, 0.15) is 23.7 Å². The maximum atomic E-state index is 11.2. The molecule has 1 N–H and O–H groups in total. The fraction of sp³-hybridized carbons (Fsp3) is 0.312. The largest absolute Gasteiger partial charge is 0.473 e. The molecule has 0 bridgehead atoms. The van der Waals surface area contributed by atoms with Gasteiger partial charge in [0.05, 0.1) is 31.5 Å². The minimum Gasteiger partial charge on any atom is -0.473 e. The van der Waals surface area contributed by atoms with E-state index in [0.29, 0.717) is 50.4 Å². The van der Waals surface area contributed by atoms with Crippen LogP contribution in [0, 0.1) is 0 Å². The number of benzene rings is 2. The van der Waals surface area contributed by atoms with Crippen LogP contribution < -0.4 is 15.0 Å². The zero-order chi connectivity index (χ0) is 28.0. The molecule has 2 aliphatic rings. The van der Waals surface area contributed by atoms with Gasteiger partial charge in [-0.15, -0.1) is 0 Å². The molecule has 6 rings (SSSR count). The third kappa shape index (κ3) is 6.37. The van der Waals surface area contributed by atoms with Crippen molar-refractivity contribution in [2.45, 2.75) is 32.5 Å². The van der Waals surface area contributed by atoms with E-state index in [2.05, 4.69) is 27.0 Å². The van der Waals surface area contributed by atoms with Gasteiger partial charge in [0.25, 0.3) is 0 Å². The second kappa shape index (κ2) is 12.4. The van der Waals surface area contributed by atoms with Crippen molar-refractivity contribution >= 4 is 23.6 Å². The van der Waals surface area contributed by atoms with E-state index in [4.69, 9.17) is 19.4 Å². The van der Waals surface area contributed by atoms with Crippen molar-refractivity contribution in [2.24, 2.45) is 0 Å². The molecule has 0 aliphatic carbocycles. The molecule has 1 atom stereocenters. The van der Waals surface area contributed by atoms with Crippen molar-refractivity contribution in [3.05, 3.63) is 89.6 Å². The molecule has 9 heteroatoms. The number of carbonyl (C=O) groups is 1. The first-order chi connectivity index (χ1) is 20.2. The number of nitrogens with one attached hydrogen (secondary N) is 1. The minimum absolute atomic E-state index is 0.232. The highest BCUT2D eigenvalue weighted by Crippen LogP contribution is 2.32. The number of hydrogen-bond donors (Lipinski definition) is 1. The van der Waals surface area contributed by atoms with Gasteiger partial charge in [-0.3, -0.25) is 4.90 Å². The predicted molar refractivity (Wildman–Crippen MR) is 158 cm³/mol. The molecule has 2 aromatic heterocycles. The quantitative estimate of drug-likeness (QED) is 0.299. The van der Waals surface area contributed by atoms with Crippen LogP contribution in [0.25, 0.3) is 11.4 Å². The van der Waals surface area contributed by atoms with Crippen LogP contribution in [0.5, 0.6) is 5.88 Å². The van der Waals surface area contributed by atoms with Gasteiger partial charge in [-0.25, -0.2) is 9.97 Å². The maximum Gasteiger partial charge on any atom is 0.215 e. The van der Waals surface area contributed by atoms with Crippen molar-refractivity contribution in [1.82, 2.24) is 19.9 Å². The van der Waals surface area contributed by atoms with Gasteiger partial charge in [-0.2, -0.15) is 4.98 Å². The summed E-state index contributed by atoms with van der Waals surface area (Å²) in [6.45, 7) is 6.67. The molecular weight excluding hydrogens is 516 g/mol. The Bertz CT molecular complexity index is 1480. The summed E-state index contributed by atoms with van der Waals surface area (Å²) < 4.78 is 11.6. The molecule has 0 radical (unpaired) electrons. The van der Waals surface area contributed by atoms with E-state index in [0.717, 1.165) is 54.1 Å². The van der Waals surface area contributed by atoms with Crippen LogP contribution in [-0.2, 0) is 29.1 Å². The summed E-state index contributed by atoms with van der Waals surface area (Å²) in [5.74, 6) is 2.94. The van der Waals surface area contributed by atoms with E-state index in [-0.39, 0.29) is 6.04 Å². The Hall–Kier alpha value is -4.34. The van der Waals surface area contributed by atoms with Crippen molar-refractivity contribution in [3.8, 4) is 17.3 Å². The van der Waals surface area contributed by atoms with Gasteiger partial charge in [0.1, 0.15) is 24.5 Å². The average Bonchev–Trinajstić information content (AvgIpc) is 3.01. The highest BCUT2D eigenvalue weighted by molar-refractivity contribution is 5.66. The third-order valence-corrected chi connectivity index (χ3v) is 7.46. The number of nitrogens with zero attached hydrogens (tertiary/aromatic N) is 5. The van der Waals surface area contributed by atoms with Gasteiger partial charge in [0, 0.05) is 42.5 Å². The van der Waals surface area contributed by atoms with E-state index in [9.17, 15) is 4.79 Å². The van der Waals surface area contributed by atoms with E-state index in [1.165, 1.54) is 5.56 Å². The molecule has 0 saturated carbocycles. The number of aromatic nitrogens is 3. The normalized spacial score (nSPS) is 17.1. The molecule has 1 unspecified atom stereocenters. The van der Waals surface area contributed by atoms with E-state index in [1.54, 1.807) is 0 Å². The highest BCUT2D eigenvalue weighted by Gasteiger charge is 2.28. The Morgan fingerprint density at radius 1 is 1.00 bits per heavy atom. The lowest BCUT2D eigenvalue weighted by molar-refractivity contribution is -0.109. The Labute approximate surface area is 240 Å². The summed E-state index contributed by atoms with van der Waals surface area (Å²) in [5, 5.41) is 3.37. The van der Waals surface area contributed by atoms with Gasteiger partial charge >= 0.3 is 0 Å². The summed E-state index contributed by atoms with van der Waals surface area (Å²) in [4.78, 5) is 30.4. The molecule has 4 heterocycles. The number of hydrogen-bond acceptors (Lipinski definition) is 9. The van der Waals surface area contributed by atoms with Crippen LogP contribution in [0.4, 0.5) is 17.3 Å². The third-order valence-electron chi connectivity index (χ3n) is 7.46. The van der Waals surface area contributed by atoms with Gasteiger partial charge in [0.2, 0.25) is 5.88 Å². The molecule has 210 valence electrons. The number of aldehydes is 1. The number of pyridine rings is 1. The smallest absolute Gasteiger partial charge is 0.215 e. The van der Waals surface area contributed by atoms with Crippen LogP contribution in [0.2, 0.25) is 0 Å². The fourth-order valence-electron chi connectivity index (χ4n) is 5.28. The number of rotatable bonds is 9. The summed E-state index contributed by atoms with van der Waals surface area (Å²) in [7, 11) is 0. The molecule has 1 saturated heterocycles. The lowest BCUT2D eigenvalue weighted by Gasteiger charge is -2.37. The summed E-state index contributed by atoms with van der Waals surface area (Å²) >= 11 is 0. The maximum absolute atomic E-state index is 11.2. The summed E-state index contributed by atoms with van der Waals surface area (Å²) in [5.41, 5.74) is 5.11. The van der Waals surface area contributed by atoms with Crippen molar-refractivity contribution in [3.63, 3.8) is 0 Å². The number of anilines is 3. The molecule has 4 aromatic rings. The standard InChI is InChI=1S/C32H34N6O3/c1-23-21-40-19-17-38(23)32-27-14-15-37(16-18-39)20-28(27)34-31(36-32)25-10-12-26(13-11-25)33-29-8-5-9-30(35-29)41-22-24-6-3-2-4-7-24/h2-13,18,23H,14-17,19-22H2,1H3,(H,33,35). The Kier molecular flexibility index (Phi) is 8.16. The van der Waals surface area contributed by atoms with Crippen LogP contribution in [0.15, 0.2) is 72.8 Å². The van der Waals surface area contributed by atoms with Crippen LogP contribution in [0.3, 0.4) is 0 Å². The second-order valence-electron chi connectivity index (χ2n) is 10.4. The first-order valence-electron chi connectivity index (χ1n) is 14.1. The monoisotopic (exact) mass is 550 g/mol. The average molecular weight is 551 g/mol. The Morgan fingerprint density at radius 2 is 1.85 bits per heavy atom. The number of carbonyl (C=O) groups excluding carboxylic acids is 1. The first-order valence-corrected chi connectivity index (χ1v) is 14.1. The first kappa shape index (κ1) is 26.9. The molecular formula is C32H34N6O3. The number of fused-ring (bicyclic) bond motifs is 1. The van der Waals surface area contributed by atoms with Crippen molar-refractivity contribution < 1.29 is 14.3 Å². The molecule has 41 heavy (non-hydrogen) atoms. The Balaban J connectivity index is 1.21. The zero-order valence-electron chi connectivity index (χ0n) is 23.2. The van der Waals surface area contributed by atoms with Gasteiger partial charge in [0.15, 0.2) is 5.82 Å². The van der Waals surface area contributed by atoms with Gasteiger partial charge in [-0.05, 0) is 49.2 Å². The summed E-state index contributed by atoms with van der Waals surface area (Å²) in [6, 6.07) is 24.0. The van der Waals surface area contributed by atoms with Crippen molar-refractivity contribution in [1.29, 1.82) is 0 Å². The fourth-order valence-corrected chi connectivity index (χ4v) is 5.28. The number of morpholine rings is 1. The highest BCUT2D eigenvalue weighted by atomic mass is 16.5. The molecule has 2 aromatic carbocycles. The predicted octanol–water partition coefficient (Wildman–Crippen LogP) is 4.64. The van der Waals surface area contributed by atoms with Crippen LogP contribution in [-0.4, -0.2) is 65.0 Å². The molecule has 0 spiro atoms. The Morgan fingerprint density at radius 3 is 2.66 bits per heavy atom. The SMILES string of the molecule is CC1COCCN1c1nc(-c2ccc(Nc3cccc(OCc4ccccc4)n3)cc2)nc2c1CCN(CC=O)C2. The zero-order valence-corrected chi connectivity index (χ0v) is 23.2. The van der Waals surface area contributed by atoms with Crippen LogP contribution >= 0.6 is 0 Å². The molecule has 9 nitrogen and oxygen atoms in total. The lowest BCUT2D eigenvalue weighted by Crippen LogP contribution is -2.45. The minimum atomic E-state index is 0.232. The van der Waals surface area contributed by atoms with E-state index < -0.39 is 0 Å². The second-order valence-corrected chi connectivity index (χ2v) is 10.4. The molecule has 1 fully saturated rings. The topological polar surface area (TPSA) is 92.7 Å². The molecule has 0 amide bonds. The number of ether oxygens (including phenoxy) is 2. The summed E-state index contributed by atoms with van der Waals surface area (Å²) in [6.07, 6.45) is 1.79. The van der Waals surface area contributed by atoms with E-state index >= 15 is 0 Å². The van der Waals surface area contributed by atoms with Crippen molar-refractivity contribution in [2.75, 3.05) is 43.1 Å². The van der Waals surface area contributed by atoms with Gasteiger partial charge < -0.3 is 24.5 Å². The molecule has 2 aliphatic heterocycles. The van der Waals surface area contributed by atoms with Gasteiger partial charge in [-0.1, -0.05) is 36.4 Å². The lowest BCUT2D eigenvalue weighted by atomic mass is 10.0.